The lowest BCUT2D eigenvalue weighted by molar-refractivity contribution is -0.138. The zero-order valence-corrected chi connectivity index (χ0v) is 34.8. The van der Waals surface area contributed by atoms with Crippen molar-refractivity contribution in [3.05, 3.63) is 126 Å². The Morgan fingerprint density at radius 1 is 0.672 bits per heavy atom. The molecule has 0 radical (unpaired) electrons. The van der Waals surface area contributed by atoms with Gasteiger partial charge in [-0.25, -0.2) is 19.2 Å². The molecule has 0 N–H and O–H groups in total. The molecular formula is C42H36N2O11S3. The molecule has 298 valence electrons. The van der Waals surface area contributed by atoms with Crippen LogP contribution in [0.5, 0.6) is 0 Å². The number of thioether (sulfide) groups is 3. The van der Waals surface area contributed by atoms with Gasteiger partial charge in [0.25, 0.3) is 17.7 Å². The molecule has 0 unspecified atom stereocenters. The summed E-state index contributed by atoms with van der Waals surface area (Å²) >= 11 is 2.53. The molecule has 1 spiro atoms. The van der Waals surface area contributed by atoms with Crippen LogP contribution in [-0.4, -0.2) is 90.6 Å². The maximum absolute atomic E-state index is 15.7. The number of benzene rings is 3. The van der Waals surface area contributed by atoms with Crippen LogP contribution in [0.1, 0.15) is 51.3 Å². The molecule has 7 rings (SSSR count). The van der Waals surface area contributed by atoms with Gasteiger partial charge >= 0.3 is 23.9 Å². The number of ether oxygens (including phenoxy) is 4. The highest BCUT2D eigenvalue weighted by Crippen LogP contribution is 2.71. The standard InChI is InChI=1S/C42H36N2O11S3/c1-21-17-18-26-25(19-21)28-33(56-30(38(49)53-5)29(37(48)52-4)42(28)57-31(39(50)54-6)32(58-42)40(51)55-7)41(2,3)44(26)36(47)27(20-22-13-9-8-10-14-22)43-34(45)23-15-11-12-16-24(23)35(43)46/h8-19,27H,20H2,1-7H3/t27-/m1/s1. The Kier molecular flexibility index (Phi) is 10.7. The van der Waals surface area contributed by atoms with E-state index >= 15 is 4.79 Å². The largest absolute Gasteiger partial charge is 0.466 e. The molecule has 16 heteroatoms. The van der Waals surface area contributed by atoms with E-state index in [2.05, 4.69) is 0 Å². The molecule has 3 aromatic carbocycles. The fraction of sp³-hybridized carbons (Fsp3) is 0.262. The molecule has 3 amide bonds. The molecule has 3 aromatic rings. The number of imide groups is 1. The van der Waals surface area contributed by atoms with Gasteiger partial charge in [0.2, 0.25) is 0 Å². The average molecular weight is 841 g/mol. The third kappa shape index (κ3) is 6.25. The van der Waals surface area contributed by atoms with Crippen LogP contribution in [0.15, 0.2) is 98.0 Å². The van der Waals surface area contributed by atoms with Crippen molar-refractivity contribution >= 4 is 88.1 Å². The highest BCUT2D eigenvalue weighted by molar-refractivity contribution is 8.26. The van der Waals surface area contributed by atoms with Crippen molar-refractivity contribution in [2.75, 3.05) is 33.3 Å². The lowest BCUT2D eigenvalue weighted by atomic mass is 9.82. The molecule has 0 bridgehead atoms. The zero-order valence-electron chi connectivity index (χ0n) is 32.3. The van der Waals surface area contributed by atoms with Crippen LogP contribution in [0.4, 0.5) is 5.69 Å². The summed E-state index contributed by atoms with van der Waals surface area (Å²) in [6, 6.07) is 19.4. The second-order valence-electron chi connectivity index (χ2n) is 13.9. The Bertz CT molecular complexity index is 2390. The molecule has 58 heavy (non-hydrogen) atoms. The summed E-state index contributed by atoms with van der Waals surface area (Å²) in [6.45, 7) is 5.31. The number of rotatable bonds is 8. The van der Waals surface area contributed by atoms with Gasteiger partial charge in [-0.2, -0.15) is 0 Å². The Hall–Kier alpha value is -5.58. The predicted molar refractivity (Wildman–Crippen MR) is 218 cm³/mol. The summed E-state index contributed by atoms with van der Waals surface area (Å²) in [5.41, 5.74) is 1.31. The lowest BCUT2D eigenvalue weighted by Crippen LogP contribution is -2.60. The first-order chi connectivity index (χ1) is 27.7. The van der Waals surface area contributed by atoms with E-state index in [1.165, 1.54) is 4.90 Å². The van der Waals surface area contributed by atoms with Crippen LogP contribution in [0.25, 0.3) is 5.57 Å². The maximum Gasteiger partial charge on any atom is 0.345 e. The summed E-state index contributed by atoms with van der Waals surface area (Å²) in [6.07, 6.45) is -0.0255. The van der Waals surface area contributed by atoms with E-state index in [9.17, 15) is 28.8 Å². The molecule has 1 atom stereocenters. The SMILES string of the molecule is COC(=O)C1=C(C(=O)OC)SC2(S1)C(C(=O)OC)=C(C(=O)OC)SC1=C2c2cc(C)ccc2N(C(=O)[C@@H](Cc2ccccc2)N2C(=O)c3ccccc3C2=O)C1(C)C. The quantitative estimate of drug-likeness (QED) is 0.152. The predicted octanol–water partition coefficient (Wildman–Crippen LogP) is 5.82. The molecular weight excluding hydrogens is 805 g/mol. The van der Waals surface area contributed by atoms with Crippen molar-refractivity contribution in [1.82, 2.24) is 4.90 Å². The smallest absolute Gasteiger partial charge is 0.345 e. The number of amides is 3. The third-order valence-corrected chi connectivity index (χ3v) is 14.9. The van der Waals surface area contributed by atoms with Crippen LogP contribution in [-0.2, 0) is 49.3 Å². The lowest BCUT2D eigenvalue weighted by Gasteiger charge is -2.51. The van der Waals surface area contributed by atoms with Crippen LogP contribution in [0, 0.1) is 6.92 Å². The Labute approximate surface area is 346 Å². The van der Waals surface area contributed by atoms with Gasteiger partial charge in [0, 0.05) is 22.5 Å². The number of fused-ring (bicyclic) bond motifs is 4. The third-order valence-electron chi connectivity index (χ3n) is 10.2. The van der Waals surface area contributed by atoms with Gasteiger partial charge in [0.15, 0.2) is 0 Å². The normalized spacial score (nSPS) is 18.1. The second-order valence-corrected chi connectivity index (χ2v) is 17.7. The first-order valence-electron chi connectivity index (χ1n) is 17.8. The number of carbonyl (C=O) groups excluding carboxylic acids is 7. The minimum Gasteiger partial charge on any atom is -0.466 e. The van der Waals surface area contributed by atoms with E-state index in [1.807, 2.05) is 13.0 Å². The van der Waals surface area contributed by atoms with Gasteiger partial charge in [-0.1, -0.05) is 89.4 Å². The topological polar surface area (TPSA) is 163 Å². The molecule has 4 heterocycles. The van der Waals surface area contributed by atoms with Crippen LogP contribution in [0.3, 0.4) is 0 Å². The highest BCUT2D eigenvalue weighted by atomic mass is 32.2. The van der Waals surface area contributed by atoms with E-state index in [0.29, 0.717) is 27.3 Å². The van der Waals surface area contributed by atoms with Gasteiger partial charge in [-0.05, 0) is 50.6 Å². The van der Waals surface area contributed by atoms with E-state index in [0.717, 1.165) is 74.2 Å². The van der Waals surface area contributed by atoms with E-state index in [1.54, 1.807) is 80.6 Å². The number of nitrogens with zero attached hydrogens (tertiary/aromatic N) is 2. The van der Waals surface area contributed by atoms with E-state index in [4.69, 9.17) is 18.9 Å². The van der Waals surface area contributed by atoms with Crippen LogP contribution >= 0.6 is 35.3 Å². The first kappa shape index (κ1) is 40.6. The van der Waals surface area contributed by atoms with E-state index in [-0.39, 0.29) is 37.8 Å². The van der Waals surface area contributed by atoms with Crippen LogP contribution in [0.2, 0.25) is 0 Å². The maximum atomic E-state index is 15.7. The summed E-state index contributed by atoms with van der Waals surface area (Å²) in [4.78, 5) is 101. The van der Waals surface area contributed by atoms with Crippen molar-refractivity contribution in [3.8, 4) is 0 Å². The summed E-state index contributed by atoms with van der Waals surface area (Å²) in [7, 11) is 4.57. The van der Waals surface area contributed by atoms with Crippen molar-refractivity contribution in [1.29, 1.82) is 0 Å². The van der Waals surface area contributed by atoms with Crippen molar-refractivity contribution in [3.63, 3.8) is 0 Å². The second kappa shape index (κ2) is 15.3. The van der Waals surface area contributed by atoms with Gasteiger partial charge in [-0.15, -0.1) is 0 Å². The fourth-order valence-electron chi connectivity index (χ4n) is 7.59. The number of esters is 4. The molecule has 13 nitrogen and oxygen atoms in total. The van der Waals surface area contributed by atoms with Gasteiger partial charge in [0.05, 0.1) is 56.4 Å². The summed E-state index contributed by atoms with van der Waals surface area (Å²) in [5, 5.41) is 0. The number of aryl methyl sites for hydroxylation is 1. The number of hydrogen-bond acceptors (Lipinski definition) is 14. The van der Waals surface area contributed by atoms with Gasteiger partial charge < -0.3 is 18.9 Å². The average Bonchev–Trinajstić information content (AvgIpc) is 3.73. The van der Waals surface area contributed by atoms with Crippen molar-refractivity contribution in [2.45, 2.75) is 42.9 Å². The summed E-state index contributed by atoms with van der Waals surface area (Å²) in [5.74, 6) is -5.47. The number of anilines is 1. The number of carbonyl (C=O) groups is 7. The highest BCUT2D eigenvalue weighted by Gasteiger charge is 2.62. The van der Waals surface area contributed by atoms with E-state index < -0.39 is 57.3 Å². The van der Waals surface area contributed by atoms with Crippen molar-refractivity contribution < 1.29 is 52.5 Å². The Morgan fingerprint density at radius 3 is 1.72 bits per heavy atom. The zero-order chi connectivity index (χ0) is 41.8. The molecule has 4 aliphatic heterocycles. The molecule has 4 aliphatic rings. The number of methoxy groups -OCH3 is 4. The number of hydrogen-bond donors (Lipinski definition) is 0. The van der Waals surface area contributed by atoms with Crippen LogP contribution < -0.4 is 4.90 Å². The Morgan fingerprint density at radius 2 is 1.19 bits per heavy atom. The minimum absolute atomic E-state index is 0.0255. The first-order valence-corrected chi connectivity index (χ1v) is 20.2. The van der Waals surface area contributed by atoms with Crippen molar-refractivity contribution in [2.24, 2.45) is 0 Å². The molecule has 0 saturated heterocycles. The molecule has 0 fully saturated rings. The molecule has 0 aromatic heterocycles. The fourth-order valence-corrected chi connectivity index (χ4v) is 12.6. The summed E-state index contributed by atoms with van der Waals surface area (Å²) < 4.78 is 18.9. The molecule has 0 saturated carbocycles. The minimum atomic E-state index is -1.79. The monoisotopic (exact) mass is 840 g/mol. The molecule has 0 aliphatic carbocycles. The van der Waals surface area contributed by atoms with Gasteiger partial charge in [-0.3, -0.25) is 24.2 Å². The Balaban J connectivity index is 1.49. The van der Waals surface area contributed by atoms with Gasteiger partial charge in [0.1, 0.15) is 24.8 Å².